The van der Waals surface area contributed by atoms with E-state index < -0.39 is 11.6 Å². The van der Waals surface area contributed by atoms with Crippen LogP contribution in [0.4, 0.5) is 8.78 Å². The molecular formula is C19H20BrF2NO2. The Morgan fingerprint density at radius 2 is 1.92 bits per heavy atom. The van der Waals surface area contributed by atoms with Crippen LogP contribution in [0.3, 0.4) is 0 Å². The highest BCUT2D eigenvalue weighted by atomic mass is 79.9. The van der Waals surface area contributed by atoms with Crippen molar-refractivity contribution in [3.8, 4) is 5.75 Å². The second-order valence-corrected chi connectivity index (χ2v) is 6.70. The van der Waals surface area contributed by atoms with Gasteiger partial charge in [0.1, 0.15) is 17.4 Å². The van der Waals surface area contributed by atoms with Crippen LogP contribution >= 0.6 is 15.9 Å². The monoisotopic (exact) mass is 411 g/mol. The summed E-state index contributed by atoms with van der Waals surface area (Å²) in [5, 5.41) is 2.78. The van der Waals surface area contributed by atoms with Gasteiger partial charge in [0.15, 0.2) is 0 Å². The van der Waals surface area contributed by atoms with E-state index in [-0.39, 0.29) is 23.9 Å². The Morgan fingerprint density at radius 3 is 2.52 bits per heavy atom. The van der Waals surface area contributed by atoms with Gasteiger partial charge in [-0.3, -0.25) is 4.79 Å². The van der Waals surface area contributed by atoms with Gasteiger partial charge >= 0.3 is 0 Å². The minimum atomic E-state index is -0.593. The number of amides is 1. The lowest BCUT2D eigenvalue weighted by Crippen LogP contribution is -2.34. The van der Waals surface area contributed by atoms with E-state index in [0.29, 0.717) is 12.8 Å². The van der Waals surface area contributed by atoms with Gasteiger partial charge in [0.2, 0.25) is 5.91 Å². The van der Waals surface area contributed by atoms with Crippen LogP contribution < -0.4 is 10.1 Å². The summed E-state index contributed by atoms with van der Waals surface area (Å²) in [6, 6.07) is 9.04. The molecule has 0 aliphatic rings. The molecule has 0 aliphatic carbocycles. The molecule has 2 aromatic rings. The Hall–Kier alpha value is -1.95. The Labute approximate surface area is 154 Å². The first-order chi connectivity index (χ1) is 11.9. The number of nitrogens with one attached hydrogen (secondary N) is 1. The first-order valence-corrected chi connectivity index (χ1v) is 8.74. The summed E-state index contributed by atoms with van der Waals surface area (Å²) in [4.78, 5) is 12.1. The van der Waals surface area contributed by atoms with E-state index in [1.54, 1.807) is 14.0 Å². The van der Waals surface area contributed by atoms with Crippen molar-refractivity contribution in [2.75, 3.05) is 7.11 Å². The Kier molecular flexibility index (Phi) is 6.93. The molecule has 6 heteroatoms. The maximum atomic E-state index is 13.6. The number of ether oxygens (including phenoxy) is 1. The van der Waals surface area contributed by atoms with E-state index in [9.17, 15) is 13.6 Å². The molecule has 134 valence electrons. The molecule has 0 aromatic heterocycles. The number of aryl methyl sites for hydroxylation is 1. The fourth-order valence-electron chi connectivity index (χ4n) is 2.55. The van der Waals surface area contributed by atoms with Crippen LogP contribution in [0.5, 0.6) is 5.75 Å². The third-order valence-corrected chi connectivity index (χ3v) is 4.46. The number of carbonyl (C=O) groups excluding carboxylic acids is 1. The van der Waals surface area contributed by atoms with Crippen molar-refractivity contribution >= 4 is 21.8 Å². The number of hydrogen-bond acceptors (Lipinski definition) is 2. The van der Waals surface area contributed by atoms with Crippen molar-refractivity contribution < 1.29 is 18.3 Å². The van der Waals surface area contributed by atoms with Gasteiger partial charge in [0.05, 0.1) is 11.6 Å². The molecule has 2 aromatic carbocycles. The maximum Gasteiger partial charge on any atom is 0.220 e. The summed E-state index contributed by atoms with van der Waals surface area (Å²) in [5.74, 6) is -0.613. The maximum absolute atomic E-state index is 13.6. The van der Waals surface area contributed by atoms with Gasteiger partial charge in [-0.2, -0.15) is 0 Å². The van der Waals surface area contributed by atoms with Gasteiger partial charge in [-0.25, -0.2) is 8.78 Å². The van der Waals surface area contributed by atoms with E-state index in [2.05, 4.69) is 21.2 Å². The Bertz CT molecular complexity index is 732. The van der Waals surface area contributed by atoms with Crippen molar-refractivity contribution in [3.05, 3.63) is 63.6 Å². The van der Waals surface area contributed by atoms with Gasteiger partial charge in [-0.1, -0.05) is 12.1 Å². The molecule has 2 rings (SSSR count). The molecule has 0 bridgehead atoms. The predicted octanol–water partition coefficient (Wildman–Crippen LogP) is 4.42. The summed E-state index contributed by atoms with van der Waals surface area (Å²) in [6.07, 6.45) is 0.969. The number of carbonyl (C=O) groups is 1. The lowest BCUT2D eigenvalue weighted by atomic mass is 10.1. The Balaban J connectivity index is 1.86. The van der Waals surface area contributed by atoms with Gasteiger partial charge in [0, 0.05) is 18.0 Å². The van der Waals surface area contributed by atoms with Gasteiger partial charge in [0.25, 0.3) is 0 Å². The molecule has 0 saturated heterocycles. The molecule has 0 aliphatic heterocycles. The standard InChI is InChI=1S/C19H20BrF2NO2/c1-12(10-14-16(21)4-3-5-17(14)22)23-19(24)9-7-13-6-8-18(25-2)15(20)11-13/h3-6,8,11-12H,7,9-10H2,1-2H3,(H,23,24). The highest BCUT2D eigenvalue weighted by Gasteiger charge is 2.14. The van der Waals surface area contributed by atoms with Crippen LogP contribution in [0.2, 0.25) is 0 Å². The van der Waals surface area contributed by atoms with E-state index >= 15 is 0 Å². The summed E-state index contributed by atoms with van der Waals surface area (Å²) >= 11 is 3.41. The molecule has 1 amide bonds. The fourth-order valence-corrected chi connectivity index (χ4v) is 3.14. The third kappa shape index (κ3) is 5.53. The average molecular weight is 412 g/mol. The zero-order chi connectivity index (χ0) is 18.4. The number of benzene rings is 2. The van der Waals surface area contributed by atoms with Gasteiger partial charge < -0.3 is 10.1 Å². The van der Waals surface area contributed by atoms with E-state index in [1.807, 2.05) is 18.2 Å². The second kappa shape index (κ2) is 8.94. The van der Waals surface area contributed by atoms with Crippen LogP contribution in [0.25, 0.3) is 0 Å². The minimum absolute atomic E-state index is 0.00520. The summed E-state index contributed by atoms with van der Waals surface area (Å²) in [7, 11) is 1.59. The molecular weight excluding hydrogens is 392 g/mol. The molecule has 1 unspecified atom stereocenters. The highest BCUT2D eigenvalue weighted by molar-refractivity contribution is 9.10. The van der Waals surface area contributed by atoms with Crippen LogP contribution in [0.15, 0.2) is 40.9 Å². The van der Waals surface area contributed by atoms with Crippen molar-refractivity contribution in [2.45, 2.75) is 32.2 Å². The fraction of sp³-hybridized carbons (Fsp3) is 0.316. The normalized spacial score (nSPS) is 11.9. The lowest BCUT2D eigenvalue weighted by Gasteiger charge is -2.15. The molecule has 0 heterocycles. The zero-order valence-corrected chi connectivity index (χ0v) is 15.7. The Morgan fingerprint density at radius 1 is 1.24 bits per heavy atom. The smallest absolute Gasteiger partial charge is 0.220 e. The molecule has 0 spiro atoms. The molecule has 0 radical (unpaired) electrons. The van der Waals surface area contributed by atoms with Crippen LogP contribution in [0, 0.1) is 11.6 Å². The molecule has 25 heavy (non-hydrogen) atoms. The van der Waals surface area contributed by atoms with E-state index in [4.69, 9.17) is 4.74 Å². The molecule has 0 saturated carbocycles. The number of rotatable bonds is 7. The van der Waals surface area contributed by atoms with Gasteiger partial charge in [-0.15, -0.1) is 0 Å². The zero-order valence-electron chi connectivity index (χ0n) is 14.1. The largest absolute Gasteiger partial charge is 0.496 e. The second-order valence-electron chi connectivity index (χ2n) is 5.84. The third-order valence-electron chi connectivity index (χ3n) is 3.84. The highest BCUT2D eigenvalue weighted by Crippen LogP contribution is 2.26. The van der Waals surface area contributed by atoms with Crippen molar-refractivity contribution in [3.63, 3.8) is 0 Å². The first kappa shape index (κ1) is 19.4. The summed E-state index contributed by atoms with van der Waals surface area (Å²) < 4.78 is 33.3. The van der Waals surface area contributed by atoms with Crippen LogP contribution in [-0.4, -0.2) is 19.1 Å². The summed E-state index contributed by atoms with van der Waals surface area (Å²) in [5.41, 5.74) is 0.991. The number of methoxy groups -OCH3 is 1. The SMILES string of the molecule is COc1ccc(CCC(=O)NC(C)Cc2c(F)cccc2F)cc1Br. The first-order valence-electron chi connectivity index (χ1n) is 7.95. The van der Waals surface area contributed by atoms with E-state index in [0.717, 1.165) is 15.8 Å². The van der Waals surface area contributed by atoms with Crippen LogP contribution in [0.1, 0.15) is 24.5 Å². The van der Waals surface area contributed by atoms with Crippen molar-refractivity contribution in [1.82, 2.24) is 5.32 Å². The quantitative estimate of drug-likeness (QED) is 0.732. The average Bonchev–Trinajstić information content (AvgIpc) is 2.56. The lowest BCUT2D eigenvalue weighted by molar-refractivity contribution is -0.121. The topological polar surface area (TPSA) is 38.3 Å². The van der Waals surface area contributed by atoms with Crippen LogP contribution in [-0.2, 0) is 17.6 Å². The molecule has 1 N–H and O–H groups in total. The molecule has 1 atom stereocenters. The van der Waals surface area contributed by atoms with E-state index in [1.165, 1.54) is 18.2 Å². The van der Waals surface area contributed by atoms with Crippen molar-refractivity contribution in [2.24, 2.45) is 0 Å². The van der Waals surface area contributed by atoms with Crippen molar-refractivity contribution in [1.29, 1.82) is 0 Å². The molecule has 3 nitrogen and oxygen atoms in total. The minimum Gasteiger partial charge on any atom is -0.496 e. The molecule has 0 fully saturated rings. The predicted molar refractivity (Wildman–Crippen MR) is 96.7 cm³/mol. The number of hydrogen-bond donors (Lipinski definition) is 1. The van der Waals surface area contributed by atoms with Gasteiger partial charge in [-0.05, 0) is 65.5 Å². The number of halogens is 3. The summed E-state index contributed by atoms with van der Waals surface area (Å²) in [6.45, 7) is 1.73.